The Kier molecular flexibility index (Phi) is 2.67. The fraction of sp³-hybridized carbons (Fsp3) is 0.333. The Morgan fingerprint density at radius 1 is 1.47 bits per heavy atom. The van der Waals surface area contributed by atoms with Crippen LogP contribution in [0.4, 0.5) is 0 Å². The van der Waals surface area contributed by atoms with Crippen molar-refractivity contribution in [3.8, 4) is 11.4 Å². The molecular weight excluding hydrogens is 298 g/mol. The van der Waals surface area contributed by atoms with Crippen LogP contribution in [0.15, 0.2) is 22.7 Å². The van der Waals surface area contributed by atoms with Gasteiger partial charge in [0, 0.05) is 16.1 Å². The average Bonchev–Trinajstić information content (AvgIpc) is 3.03. The second kappa shape index (κ2) is 4.07. The topological polar surface area (TPSA) is 33.6 Å². The highest BCUT2D eigenvalue weighted by atomic mass is 79.9. The maximum atomic E-state index is 5.29. The van der Waals surface area contributed by atoms with Crippen molar-refractivity contribution in [2.24, 2.45) is 0 Å². The van der Waals surface area contributed by atoms with Crippen molar-refractivity contribution in [3.63, 3.8) is 0 Å². The van der Waals surface area contributed by atoms with E-state index in [2.05, 4.69) is 49.8 Å². The van der Waals surface area contributed by atoms with E-state index >= 15 is 0 Å². The Morgan fingerprint density at radius 3 is 2.88 bits per heavy atom. The zero-order chi connectivity index (χ0) is 12.0. The summed E-state index contributed by atoms with van der Waals surface area (Å²) in [6.45, 7) is 2.09. The number of nitrogens with zero attached hydrogens (tertiary/aromatic N) is 2. The molecule has 1 fully saturated rings. The van der Waals surface area contributed by atoms with Crippen molar-refractivity contribution >= 4 is 28.1 Å². The standard InChI is InChI=1S/C12H12BrN3S/c1-7-6-8(13)2-5-10(7)11-14-15-12(17)16(11)9-3-4-9/h2,5-6,9H,3-4H2,1H3,(H,15,17). The minimum Gasteiger partial charge on any atom is -0.297 e. The van der Waals surface area contributed by atoms with E-state index < -0.39 is 0 Å². The predicted octanol–water partition coefficient (Wildman–Crippen LogP) is 4.01. The third-order valence-corrected chi connectivity index (χ3v) is 3.83. The Labute approximate surface area is 113 Å². The Bertz CT molecular complexity index is 625. The van der Waals surface area contributed by atoms with Gasteiger partial charge in [0.05, 0.1) is 0 Å². The van der Waals surface area contributed by atoms with Crippen LogP contribution in [0, 0.1) is 11.7 Å². The van der Waals surface area contributed by atoms with E-state index in [1.54, 1.807) is 0 Å². The Balaban J connectivity index is 2.18. The number of aromatic nitrogens is 3. The van der Waals surface area contributed by atoms with Crippen LogP contribution < -0.4 is 0 Å². The van der Waals surface area contributed by atoms with Gasteiger partial charge in [-0.25, -0.2) is 0 Å². The predicted molar refractivity (Wildman–Crippen MR) is 73.6 cm³/mol. The molecule has 0 bridgehead atoms. The summed E-state index contributed by atoms with van der Waals surface area (Å²) >= 11 is 8.77. The number of aryl methyl sites for hydroxylation is 1. The number of rotatable bonds is 2. The van der Waals surface area contributed by atoms with Crippen molar-refractivity contribution in [1.82, 2.24) is 14.8 Å². The highest BCUT2D eigenvalue weighted by Gasteiger charge is 2.28. The molecule has 2 aromatic rings. The fourth-order valence-electron chi connectivity index (χ4n) is 2.04. The summed E-state index contributed by atoms with van der Waals surface area (Å²) in [6, 6.07) is 6.77. The number of aromatic amines is 1. The average molecular weight is 310 g/mol. The summed E-state index contributed by atoms with van der Waals surface area (Å²) in [5.74, 6) is 0.961. The van der Waals surface area contributed by atoms with Crippen molar-refractivity contribution < 1.29 is 0 Å². The van der Waals surface area contributed by atoms with E-state index in [1.807, 2.05) is 6.07 Å². The minimum atomic E-state index is 0.541. The molecular formula is C12H12BrN3S. The molecule has 0 unspecified atom stereocenters. The lowest BCUT2D eigenvalue weighted by atomic mass is 10.1. The van der Waals surface area contributed by atoms with Gasteiger partial charge in [0.25, 0.3) is 0 Å². The highest BCUT2D eigenvalue weighted by Crippen LogP contribution is 2.38. The largest absolute Gasteiger partial charge is 0.297 e. The first-order chi connectivity index (χ1) is 8.16. The zero-order valence-electron chi connectivity index (χ0n) is 9.40. The molecule has 1 aliphatic rings. The maximum absolute atomic E-state index is 5.29. The van der Waals surface area contributed by atoms with Crippen LogP contribution in [0.25, 0.3) is 11.4 Å². The first kappa shape index (κ1) is 11.2. The number of benzene rings is 1. The minimum absolute atomic E-state index is 0.541. The summed E-state index contributed by atoms with van der Waals surface area (Å²) in [6.07, 6.45) is 2.41. The highest BCUT2D eigenvalue weighted by molar-refractivity contribution is 9.10. The second-order valence-corrected chi connectivity index (χ2v) is 5.72. The van der Waals surface area contributed by atoms with Gasteiger partial charge in [0.2, 0.25) is 0 Å². The van der Waals surface area contributed by atoms with Gasteiger partial charge in [-0.3, -0.25) is 9.67 Å². The van der Waals surface area contributed by atoms with Gasteiger partial charge in [0.1, 0.15) is 0 Å². The van der Waals surface area contributed by atoms with Crippen LogP contribution in [0.1, 0.15) is 24.4 Å². The molecule has 3 nitrogen and oxygen atoms in total. The molecule has 0 amide bonds. The summed E-state index contributed by atoms with van der Waals surface area (Å²) in [5.41, 5.74) is 2.35. The molecule has 0 atom stereocenters. The van der Waals surface area contributed by atoms with E-state index in [-0.39, 0.29) is 0 Å². The second-order valence-electron chi connectivity index (χ2n) is 4.41. The van der Waals surface area contributed by atoms with Crippen molar-refractivity contribution in [1.29, 1.82) is 0 Å². The molecule has 0 radical (unpaired) electrons. The molecule has 0 aliphatic heterocycles. The van der Waals surface area contributed by atoms with Gasteiger partial charge in [-0.1, -0.05) is 15.9 Å². The lowest BCUT2D eigenvalue weighted by Crippen LogP contribution is -1.98. The SMILES string of the molecule is Cc1cc(Br)ccc1-c1n[nH]c(=S)n1C1CC1. The number of halogens is 1. The van der Waals surface area contributed by atoms with Crippen molar-refractivity contribution in [2.75, 3.05) is 0 Å². The summed E-state index contributed by atoms with van der Waals surface area (Å²) in [4.78, 5) is 0. The number of hydrogen-bond acceptors (Lipinski definition) is 2. The van der Waals surface area contributed by atoms with Gasteiger partial charge in [0.15, 0.2) is 10.6 Å². The van der Waals surface area contributed by atoms with Crippen LogP contribution in [-0.4, -0.2) is 14.8 Å². The van der Waals surface area contributed by atoms with Gasteiger partial charge in [-0.05, 0) is 55.7 Å². The number of H-pyrrole nitrogens is 1. The van der Waals surface area contributed by atoms with Crippen LogP contribution in [-0.2, 0) is 0 Å². The smallest absolute Gasteiger partial charge is 0.195 e. The van der Waals surface area contributed by atoms with E-state index in [4.69, 9.17) is 12.2 Å². The normalized spacial score (nSPS) is 15.2. The molecule has 3 rings (SSSR count). The van der Waals surface area contributed by atoms with Gasteiger partial charge >= 0.3 is 0 Å². The zero-order valence-corrected chi connectivity index (χ0v) is 11.8. The lowest BCUT2D eigenvalue weighted by molar-refractivity contribution is 0.734. The number of nitrogens with one attached hydrogen (secondary N) is 1. The van der Waals surface area contributed by atoms with Crippen LogP contribution in [0.5, 0.6) is 0 Å². The van der Waals surface area contributed by atoms with Gasteiger partial charge < -0.3 is 0 Å². The van der Waals surface area contributed by atoms with Crippen LogP contribution in [0.3, 0.4) is 0 Å². The monoisotopic (exact) mass is 309 g/mol. The van der Waals surface area contributed by atoms with Gasteiger partial charge in [-0.2, -0.15) is 5.10 Å². The molecule has 1 saturated carbocycles. The molecule has 5 heteroatoms. The number of hydrogen-bond donors (Lipinski definition) is 1. The summed E-state index contributed by atoms with van der Waals surface area (Å²) in [5, 5.41) is 7.27. The van der Waals surface area contributed by atoms with Crippen LogP contribution in [0.2, 0.25) is 0 Å². The van der Waals surface area contributed by atoms with Crippen LogP contribution >= 0.6 is 28.1 Å². The lowest BCUT2D eigenvalue weighted by Gasteiger charge is -2.08. The molecule has 1 N–H and O–H groups in total. The molecule has 1 aromatic heterocycles. The summed E-state index contributed by atoms with van der Waals surface area (Å²) in [7, 11) is 0. The molecule has 1 aromatic carbocycles. The molecule has 17 heavy (non-hydrogen) atoms. The van der Waals surface area contributed by atoms with Crippen molar-refractivity contribution in [3.05, 3.63) is 33.0 Å². The molecule has 1 aliphatic carbocycles. The molecule has 0 saturated heterocycles. The molecule has 1 heterocycles. The Morgan fingerprint density at radius 2 is 2.24 bits per heavy atom. The first-order valence-corrected chi connectivity index (χ1v) is 6.80. The van der Waals surface area contributed by atoms with E-state index in [9.17, 15) is 0 Å². The van der Waals surface area contributed by atoms with E-state index in [0.29, 0.717) is 6.04 Å². The third kappa shape index (κ3) is 1.98. The first-order valence-electron chi connectivity index (χ1n) is 5.60. The Hall–Kier alpha value is -0.940. The maximum Gasteiger partial charge on any atom is 0.195 e. The molecule has 0 spiro atoms. The summed E-state index contributed by atoms with van der Waals surface area (Å²) < 4.78 is 3.96. The third-order valence-electron chi connectivity index (χ3n) is 3.05. The van der Waals surface area contributed by atoms with Gasteiger partial charge in [-0.15, -0.1) is 0 Å². The quantitative estimate of drug-likeness (QED) is 0.850. The van der Waals surface area contributed by atoms with Crippen molar-refractivity contribution in [2.45, 2.75) is 25.8 Å². The van der Waals surface area contributed by atoms with E-state index in [1.165, 1.54) is 18.4 Å². The van der Waals surface area contributed by atoms with E-state index in [0.717, 1.165) is 20.6 Å². The molecule has 88 valence electrons. The fourth-order valence-corrected chi connectivity index (χ4v) is 2.80.